The van der Waals surface area contributed by atoms with Crippen LogP contribution in [0.5, 0.6) is 5.75 Å². The van der Waals surface area contributed by atoms with Gasteiger partial charge in [-0.05, 0) is 37.6 Å². The molecule has 0 aromatic heterocycles. The molecule has 128 valence electrons. The first-order valence-electron chi connectivity index (χ1n) is 6.47. The van der Waals surface area contributed by atoms with Crippen molar-refractivity contribution in [3.63, 3.8) is 0 Å². The minimum atomic E-state index is -3.07. The van der Waals surface area contributed by atoms with E-state index in [0.29, 0.717) is 0 Å². The number of ether oxygens (including phenoxy) is 1. The Hall–Kier alpha value is -2.04. The molecular formula is C16H13ClF3NO2S. The number of rotatable bonds is 6. The quantitative estimate of drug-likeness (QED) is 0.514. The topological polar surface area (TPSA) is 50.1 Å². The van der Waals surface area contributed by atoms with Crippen molar-refractivity contribution in [1.82, 2.24) is 0 Å². The minimum absolute atomic E-state index is 0.00867. The summed E-state index contributed by atoms with van der Waals surface area (Å²) in [6.07, 6.45) is 2.00. The number of allylic oxidation sites excluding steroid dienone is 4. The van der Waals surface area contributed by atoms with Gasteiger partial charge in [-0.15, -0.1) is 0 Å². The normalized spacial score (nSPS) is 13.6. The molecule has 0 saturated heterocycles. The molecule has 0 radical (unpaired) electrons. The molecule has 0 aliphatic carbocycles. The molecule has 0 heterocycles. The fourth-order valence-corrected chi connectivity index (χ4v) is 2.66. The Morgan fingerprint density at radius 3 is 2.58 bits per heavy atom. The van der Waals surface area contributed by atoms with E-state index in [9.17, 15) is 22.6 Å². The van der Waals surface area contributed by atoms with Gasteiger partial charge in [-0.25, -0.2) is 8.60 Å². The molecule has 3 nitrogen and oxygen atoms in total. The van der Waals surface area contributed by atoms with Crippen molar-refractivity contribution in [1.29, 1.82) is 5.26 Å². The van der Waals surface area contributed by atoms with Crippen molar-refractivity contribution in [2.24, 2.45) is 0 Å². The number of hydrogen-bond donors (Lipinski definition) is 0. The van der Waals surface area contributed by atoms with Gasteiger partial charge < -0.3 is 4.74 Å². The van der Waals surface area contributed by atoms with Gasteiger partial charge in [-0.3, -0.25) is 0 Å². The van der Waals surface area contributed by atoms with E-state index in [2.05, 4.69) is 6.58 Å². The highest BCUT2D eigenvalue weighted by atomic mass is 35.5. The van der Waals surface area contributed by atoms with Crippen LogP contribution in [0.1, 0.15) is 18.1 Å². The summed E-state index contributed by atoms with van der Waals surface area (Å²) in [4.78, 5) is -0.165. The summed E-state index contributed by atoms with van der Waals surface area (Å²) in [7, 11) is -2.55. The molecule has 0 amide bonds. The standard InChI is InChI=1S/C16H13ClF3NO2S/c1-9(17)6-12(18)7-10(2)23-14-4-5-15(24(22)16(19)20)11(3)13(14)8-21/h4-7,16H,2H2,1,3H3/b9-6+,12-7+. The summed E-state index contributed by atoms with van der Waals surface area (Å²) < 4.78 is 55.5. The Balaban J connectivity index is 3.17. The first-order valence-corrected chi connectivity index (χ1v) is 8.06. The molecule has 1 atom stereocenters. The Morgan fingerprint density at radius 2 is 2.08 bits per heavy atom. The fourth-order valence-electron chi connectivity index (χ4n) is 1.76. The third kappa shape index (κ3) is 5.25. The Morgan fingerprint density at radius 1 is 1.46 bits per heavy atom. The van der Waals surface area contributed by atoms with Crippen LogP contribution in [-0.4, -0.2) is 9.97 Å². The fraction of sp³-hybridized carbons (Fsp3) is 0.188. The van der Waals surface area contributed by atoms with Crippen LogP contribution in [0.15, 0.2) is 52.4 Å². The van der Waals surface area contributed by atoms with Gasteiger partial charge in [-0.1, -0.05) is 18.2 Å². The number of nitriles is 1. The van der Waals surface area contributed by atoms with E-state index in [1.165, 1.54) is 26.0 Å². The SMILES string of the molecule is C=C(/C=C(F)\C=C(/C)Cl)Oc1ccc(S(=O)C(F)F)c(C)c1C#N. The van der Waals surface area contributed by atoms with Crippen molar-refractivity contribution in [3.05, 3.63) is 58.6 Å². The Labute approximate surface area is 145 Å². The molecule has 0 aliphatic heterocycles. The van der Waals surface area contributed by atoms with Gasteiger partial charge in [0.1, 0.15) is 34.2 Å². The van der Waals surface area contributed by atoms with E-state index in [1.54, 1.807) is 6.07 Å². The maximum Gasteiger partial charge on any atom is 0.316 e. The average molecular weight is 376 g/mol. The van der Waals surface area contributed by atoms with Crippen LogP contribution in [0.2, 0.25) is 0 Å². The summed E-state index contributed by atoms with van der Waals surface area (Å²) >= 11 is 5.53. The van der Waals surface area contributed by atoms with E-state index in [4.69, 9.17) is 16.3 Å². The molecule has 1 aromatic carbocycles. The van der Waals surface area contributed by atoms with Crippen LogP contribution < -0.4 is 4.74 Å². The molecule has 1 rings (SSSR count). The summed E-state index contributed by atoms with van der Waals surface area (Å²) in [5.74, 6) is -3.91. The van der Waals surface area contributed by atoms with Crippen molar-refractivity contribution in [2.75, 3.05) is 0 Å². The lowest BCUT2D eigenvalue weighted by molar-refractivity contribution is 0.244. The largest absolute Gasteiger partial charge is 0.456 e. The molecule has 0 fully saturated rings. The van der Waals surface area contributed by atoms with Crippen LogP contribution in [0.4, 0.5) is 13.2 Å². The van der Waals surface area contributed by atoms with Crippen molar-refractivity contribution in [2.45, 2.75) is 24.5 Å². The van der Waals surface area contributed by atoms with E-state index >= 15 is 0 Å². The van der Waals surface area contributed by atoms with Gasteiger partial charge in [0.05, 0.1) is 5.56 Å². The Kier molecular flexibility index (Phi) is 7.26. The van der Waals surface area contributed by atoms with Crippen molar-refractivity contribution >= 4 is 22.4 Å². The molecule has 0 spiro atoms. The number of halogens is 4. The van der Waals surface area contributed by atoms with Gasteiger partial charge in [0.25, 0.3) is 0 Å². The van der Waals surface area contributed by atoms with Crippen LogP contribution in [-0.2, 0) is 10.8 Å². The van der Waals surface area contributed by atoms with Gasteiger partial charge in [0.2, 0.25) is 0 Å². The van der Waals surface area contributed by atoms with Gasteiger partial charge in [0, 0.05) is 16.0 Å². The number of alkyl halides is 2. The molecule has 0 saturated carbocycles. The minimum Gasteiger partial charge on any atom is -0.456 e. The molecule has 1 aromatic rings. The highest BCUT2D eigenvalue weighted by Gasteiger charge is 2.21. The van der Waals surface area contributed by atoms with E-state index in [0.717, 1.165) is 12.2 Å². The monoisotopic (exact) mass is 375 g/mol. The van der Waals surface area contributed by atoms with Gasteiger partial charge in [-0.2, -0.15) is 14.0 Å². The lowest BCUT2D eigenvalue weighted by Crippen LogP contribution is -2.06. The van der Waals surface area contributed by atoms with Crippen LogP contribution >= 0.6 is 11.6 Å². The predicted octanol–water partition coefficient (Wildman–Crippen LogP) is 5.09. The maximum atomic E-state index is 13.5. The number of benzene rings is 1. The van der Waals surface area contributed by atoms with Crippen LogP contribution in [0.25, 0.3) is 0 Å². The first-order chi connectivity index (χ1) is 11.2. The van der Waals surface area contributed by atoms with Gasteiger partial charge in [0.15, 0.2) is 0 Å². The van der Waals surface area contributed by atoms with Gasteiger partial charge >= 0.3 is 5.76 Å². The lowest BCUT2D eigenvalue weighted by Gasteiger charge is -2.12. The summed E-state index contributed by atoms with van der Waals surface area (Å²) in [5, 5.41) is 9.41. The third-order valence-corrected chi connectivity index (χ3v) is 4.05. The Bertz CT molecular complexity index is 778. The zero-order chi connectivity index (χ0) is 18.4. The zero-order valence-electron chi connectivity index (χ0n) is 12.8. The highest BCUT2D eigenvalue weighted by Crippen LogP contribution is 2.29. The molecule has 8 heteroatoms. The average Bonchev–Trinajstić information content (AvgIpc) is 2.45. The molecule has 24 heavy (non-hydrogen) atoms. The van der Waals surface area contributed by atoms with Crippen molar-refractivity contribution in [3.8, 4) is 11.8 Å². The van der Waals surface area contributed by atoms with E-state index in [1.807, 2.05) is 0 Å². The second kappa shape index (κ2) is 8.71. The lowest BCUT2D eigenvalue weighted by atomic mass is 10.1. The summed E-state index contributed by atoms with van der Waals surface area (Å²) in [5.41, 5.74) is 0.0166. The van der Waals surface area contributed by atoms with Crippen LogP contribution in [0, 0.1) is 18.3 Å². The molecule has 0 N–H and O–H groups in total. The maximum absolute atomic E-state index is 13.5. The molecular weight excluding hydrogens is 363 g/mol. The summed E-state index contributed by atoms with van der Waals surface area (Å²) in [6.45, 7) is 6.35. The zero-order valence-corrected chi connectivity index (χ0v) is 14.4. The summed E-state index contributed by atoms with van der Waals surface area (Å²) in [6, 6.07) is 4.18. The molecule has 1 unspecified atom stereocenters. The second-order valence-corrected chi connectivity index (χ2v) is 6.55. The number of nitrogens with zero attached hydrogens (tertiary/aromatic N) is 1. The molecule has 0 aliphatic rings. The third-order valence-electron chi connectivity index (χ3n) is 2.74. The van der Waals surface area contributed by atoms with Crippen LogP contribution in [0.3, 0.4) is 0 Å². The van der Waals surface area contributed by atoms with E-state index < -0.39 is 22.4 Å². The second-order valence-electron chi connectivity index (χ2n) is 4.56. The first kappa shape index (κ1) is 20.0. The number of hydrogen-bond acceptors (Lipinski definition) is 3. The predicted molar refractivity (Wildman–Crippen MR) is 86.9 cm³/mol. The van der Waals surface area contributed by atoms with E-state index in [-0.39, 0.29) is 32.6 Å². The van der Waals surface area contributed by atoms with Crippen molar-refractivity contribution < 1.29 is 22.1 Å². The molecule has 0 bridgehead atoms. The highest BCUT2D eigenvalue weighted by molar-refractivity contribution is 7.85. The smallest absolute Gasteiger partial charge is 0.316 e.